The van der Waals surface area contributed by atoms with Crippen molar-refractivity contribution in [3.05, 3.63) is 54.3 Å². The summed E-state index contributed by atoms with van der Waals surface area (Å²) in [4.78, 5) is 12.0. The molecule has 0 heterocycles. The Morgan fingerprint density at radius 3 is 2.39 bits per heavy atom. The van der Waals surface area contributed by atoms with Gasteiger partial charge in [0, 0.05) is 0 Å². The second-order valence-electron chi connectivity index (χ2n) is 4.92. The molecule has 1 amide bonds. The summed E-state index contributed by atoms with van der Waals surface area (Å²) in [5, 5.41) is 2.78. The summed E-state index contributed by atoms with van der Waals surface area (Å²) in [5.41, 5.74) is 0.622. The topological polar surface area (TPSA) is 47.6 Å². The van der Waals surface area contributed by atoms with Gasteiger partial charge in [0.1, 0.15) is 5.75 Å². The molecule has 2 aromatic rings. The second kappa shape index (κ2) is 8.78. The monoisotopic (exact) mass is 317 g/mol. The molecule has 1 N–H and O–H groups in total. The Kier molecular flexibility index (Phi) is 6.41. The summed E-state index contributed by atoms with van der Waals surface area (Å²) >= 11 is 0. The lowest BCUT2D eigenvalue weighted by Crippen LogP contribution is -2.16. The number of benzene rings is 2. The molecule has 0 bridgehead atoms. The summed E-state index contributed by atoms with van der Waals surface area (Å²) < 4.78 is 24.2. The molecule has 0 aromatic heterocycles. The molecule has 0 saturated heterocycles. The van der Waals surface area contributed by atoms with E-state index in [9.17, 15) is 9.18 Å². The normalized spacial score (nSPS) is 10.2. The zero-order chi connectivity index (χ0) is 16.5. The van der Waals surface area contributed by atoms with Crippen LogP contribution in [0.2, 0.25) is 0 Å². The fourth-order valence-corrected chi connectivity index (χ4v) is 1.94. The molecule has 0 fully saturated rings. The Hall–Kier alpha value is -2.56. The zero-order valence-electron chi connectivity index (χ0n) is 13.0. The van der Waals surface area contributed by atoms with E-state index in [-0.39, 0.29) is 24.7 Å². The largest absolute Gasteiger partial charge is 0.491 e. The lowest BCUT2D eigenvalue weighted by atomic mass is 10.2. The third-order valence-corrected chi connectivity index (χ3v) is 3.05. The van der Waals surface area contributed by atoms with Crippen LogP contribution in [0, 0.1) is 5.82 Å². The molecule has 0 atom stereocenters. The van der Waals surface area contributed by atoms with Gasteiger partial charge < -0.3 is 14.8 Å². The van der Waals surface area contributed by atoms with E-state index in [1.807, 2.05) is 19.1 Å². The van der Waals surface area contributed by atoms with E-state index in [1.165, 1.54) is 12.1 Å². The van der Waals surface area contributed by atoms with Crippen molar-refractivity contribution >= 4 is 11.6 Å². The number of amides is 1. The van der Waals surface area contributed by atoms with Crippen molar-refractivity contribution in [1.29, 1.82) is 0 Å². The molecular weight excluding hydrogens is 297 g/mol. The van der Waals surface area contributed by atoms with Gasteiger partial charge in [-0.1, -0.05) is 31.2 Å². The van der Waals surface area contributed by atoms with Crippen molar-refractivity contribution in [3.8, 4) is 11.5 Å². The van der Waals surface area contributed by atoms with Crippen LogP contribution in [0.4, 0.5) is 10.1 Å². The van der Waals surface area contributed by atoms with Gasteiger partial charge in [-0.25, -0.2) is 4.39 Å². The van der Waals surface area contributed by atoms with Crippen LogP contribution in [0.5, 0.6) is 11.5 Å². The number of para-hydroxylation sites is 3. The van der Waals surface area contributed by atoms with E-state index in [1.54, 1.807) is 24.3 Å². The number of hydrogen-bond donors (Lipinski definition) is 1. The maximum absolute atomic E-state index is 13.4. The first kappa shape index (κ1) is 16.8. The van der Waals surface area contributed by atoms with Crippen molar-refractivity contribution in [2.75, 3.05) is 18.5 Å². The first-order valence-electron chi connectivity index (χ1n) is 7.59. The molecule has 0 aliphatic heterocycles. The predicted molar refractivity (Wildman–Crippen MR) is 87.4 cm³/mol. The number of halogens is 1. The van der Waals surface area contributed by atoms with E-state index in [0.717, 1.165) is 6.42 Å². The third kappa shape index (κ3) is 5.29. The van der Waals surface area contributed by atoms with Crippen LogP contribution in [0.25, 0.3) is 0 Å². The average Bonchev–Trinajstić information content (AvgIpc) is 2.56. The first-order valence-corrected chi connectivity index (χ1v) is 7.59. The Morgan fingerprint density at radius 1 is 1.00 bits per heavy atom. The summed E-state index contributed by atoms with van der Waals surface area (Å²) in [6, 6.07) is 13.4. The smallest absolute Gasteiger partial charge is 0.227 e. The maximum Gasteiger partial charge on any atom is 0.227 e. The molecule has 0 radical (unpaired) electrons. The molecule has 2 aromatic carbocycles. The van der Waals surface area contributed by atoms with Crippen molar-refractivity contribution in [2.24, 2.45) is 0 Å². The molecule has 2 rings (SSSR count). The van der Waals surface area contributed by atoms with E-state index in [2.05, 4.69) is 5.32 Å². The van der Waals surface area contributed by atoms with Crippen LogP contribution in [-0.4, -0.2) is 19.1 Å². The summed E-state index contributed by atoms with van der Waals surface area (Å²) in [6.45, 7) is 2.70. The third-order valence-electron chi connectivity index (χ3n) is 3.05. The highest BCUT2D eigenvalue weighted by atomic mass is 19.1. The van der Waals surface area contributed by atoms with Gasteiger partial charge in [0.05, 0.1) is 25.3 Å². The van der Waals surface area contributed by atoms with Crippen molar-refractivity contribution in [3.63, 3.8) is 0 Å². The van der Waals surface area contributed by atoms with Gasteiger partial charge >= 0.3 is 0 Å². The molecule has 0 aliphatic rings. The van der Waals surface area contributed by atoms with Gasteiger partial charge in [0.15, 0.2) is 11.6 Å². The highest BCUT2D eigenvalue weighted by molar-refractivity contribution is 5.92. The SMILES string of the molecule is CCCOc1ccccc1NC(=O)CCOc1ccccc1F. The van der Waals surface area contributed by atoms with Crippen molar-refractivity contribution in [1.82, 2.24) is 0 Å². The van der Waals surface area contributed by atoms with Gasteiger partial charge in [0.2, 0.25) is 5.91 Å². The van der Waals surface area contributed by atoms with Crippen LogP contribution < -0.4 is 14.8 Å². The van der Waals surface area contributed by atoms with Gasteiger partial charge in [-0.05, 0) is 30.7 Å². The second-order valence-corrected chi connectivity index (χ2v) is 4.92. The van der Waals surface area contributed by atoms with Gasteiger partial charge in [-0.15, -0.1) is 0 Å². The molecule has 0 aliphatic carbocycles. The number of carbonyl (C=O) groups is 1. The standard InChI is InChI=1S/C18H20FNO3/c1-2-12-22-17-10-6-4-8-15(17)20-18(21)11-13-23-16-9-5-3-7-14(16)19/h3-10H,2,11-13H2,1H3,(H,20,21). The number of anilines is 1. The minimum Gasteiger partial charge on any atom is -0.491 e. The molecule has 0 spiro atoms. The summed E-state index contributed by atoms with van der Waals surface area (Å²) in [5.74, 6) is 0.129. The quantitative estimate of drug-likeness (QED) is 0.800. The van der Waals surface area contributed by atoms with Crippen molar-refractivity contribution < 1.29 is 18.7 Å². The fraction of sp³-hybridized carbons (Fsp3) is 0.278. The van der Waals surface area contributed by atoms with E-state index >= 15 is 0 Å². The van der Waals surface area contributed by atoms with Crippen LogP contribution in [0.3, 0.4) is 0 Å². The fourth-order valence-electron chi connectivity index (χ4n) is 1.94. The van der Waals surface area contributed by atoms with Crippen LogP contribution in [0.15, 0.2) is 48.5 Å². The number of rotatable bonds is 8. The van der Waals surface area contributed by atoms with Gasteiger partial charge in [0.25, 0.3) is 0 Å². The van der Waals surface area contributed by atoms with Gasteiger partial charge in [-0.2, -0.15) is 0 Å². The Bertz CT molecular complexity index is 646. The highest BCUT2D eigenvalue weighted by Crippen LogP contribution is 2.24. The van der Waals surface area contributed by atoms with E-state index in [0.29, 0.717) is 18.0 Å². The molecule has 0 saturated carbocycles. The average molecular weight is 317 g/mol. The maximum atomic E-state index is 13.4. The Balaban J connectivity index is 1.84. The predicted octanol–water partition coefficient (Wildman–Crippen LogP) is 4.02. The van der Waals surface area contributed by atoms with Crippen LogP contribution >= 0.6 is 0 Å². The van der Waals surface area contributed by atoms with Gasteiger partial charge in [-0.3, -0.25) is 4.79 Å². The Morgan fingerprint density at radius 2 is 1.65 bits per heavy atom. The first-order chi connectivity index (χ1) is 11.2. The molecule has 122 valence electrons. The minimum absolute atomic E-state index is 0.102. The minimum atomic E-state index is -0.439. The van der Waals surface area contributed by atoms with Crippen molar-refractivity contribution in [2.45, 2.75) is 19.8 Å². The lowest BCUT2D eigenvalue weighted by Gasteiger charge is -2.12. The van der Waals surface area contributed by atoms with E-state index < -0.39 is 5.82 Å². The molecule has 23 heavy (non-hydrogen) atoms. The Labute approximate surface area is 135 Å². The van der Waals surface area contributed by atoms with Crippen LogP contribution in [0.1, 0.15) is 19.8 Å². The molecule has 4 nitrogen and oxygen atoms in total. The summed E-state index contributed by atoms with van der Waals surface area (Å²) in [6.07, 6.45) is 1.01. The van der Waals surface area contributed by atoms with Crippen LogP contribution in [-0.2, 0) is 4.79 Å². The van der Waals surface area contributed by atoms with E-state index in [4.69, 9.17) is 9.47 Å². The molecule has 5 heteroatoms. The molecule has 0 unspecified atom stereocenters. The number of hydrogen-bond acceptors (Lipinski definition) is 3. The molecular formula is C18H20FNO3. The summed E-state index contributed by atoms with van der Waals surface area (Å²) in [7, 11) is 0. The lowest BCUT2D eigenvalue weighted by molar-refractivity contribution is -0.116. The highest BCUT2D eigenvalue weighted by Gasteiger charge is 2.08. The number of carbonyl (C=O) groups excluding carboxylic acids is 1. The zero-order valence-corrected chi connectivity index (χ0v) is 13.0. The number of nitrogens with one attached hydrogen (secondary N) is 1. The number of ether oxygens (including phenoxy) is 2.